The normalized spacial score (nSPS) is 25.0. The molecule has 1 heterocycles. The van der Waals surface area contributed by atoms with Gasteiger partial charge in [-0.2, -0.15) is 0 Å². The Morgan fingerprint density at radius 3 is 2.70 bits per heavy atom. The van der Waals surface area contributed by atoms with Crippen LogP contribution in [0.1, 0.15) is 6.42 Å². The van der Waals surface area contributed by atoms with Crippen LogP contribution in [0.4, 0.5) is 0 Å². The molecule has 0 aromatic carbocycles. The van der Waals surface area contributed by atoms with Gasteiger partial charge in [-0.25, -0.2) is 0 Å². The van der Waals surface area contributed by atoms with Crippen molar-refractivity contribution in [3.05, 3.63) is 0 Å². The highest BCUT2D eigenvalue weighted by atomic mass is 35.5. The maximum atomic E-state index is 10.2. The zero-order chi connectivity index (χ0) is 6.69. The third-order valence-corrected chi connectivity index (χ3v) is 1.28. The van der Waals surface area contributed by atoms with E-state index in [0.29, 0.717) is 19.8 Å². The molecule has 1 unspecified atom stereocenters. The molecule has 0 aliphatic carbocycles. The van der Waals surface area contributed by atoms with E-state index in [1.165, 1.54) is 0 Å². The van der Waals surface area contributed by atoms with E-state index >= 15 is 0 Å². The lowest BCUT2D eigenvalue weighted by molar-refractivity contribution is -0.142. The number of halogens is 1. The Morgan fingerprint density at radius 1 is 1.70 bits per heavy atom. The van der Waals surface area contributed by atoms with Gasteiger partial charge in [-0.1, -0.05) is 0 Å². The van der Waals surface area contributed by atoms with E-state index in [-0.39, 0.29) is 12.4 Å². The van der Waals surface area contributed by atoms with E-state index in [1.54, 1.807) is 0 Å². The van der Waals surface area contributed by atoms with Crippen molar-refractivity contribution in [2.75, 3.05) is 13.3 Å². The summed E-state index contributed by atoms with van der Waals surface area (Å²) in [5, 5.41) is 11.1. The fourth-order valence-corrected chi connectivity index (χ4v) is 0.746. The molecule has 1 atom stereocenters. The summed E-state index contributed by atoms with van der Waals surface area (Å²) in [6.07, 6.45) is 0.565. The number of carboxylic acids is 1. The molecule has 1 aliphatic rings. The van der Waals surface area contributed by atoms with Gasteiger partial charge in [0.1, 0.15) is 6.04 Å². The Hall–Kier alpha value is -0.320. The highest BCUT2D eigenvalue weighted by molar-refractivity contribution is 5.85. The highest BCUT2D eigenvalue weighted by Gasteiger charge is 2.18. The second-order valence-corrected chi connectivity index (χ2v) is 1.94. The summed E-state index contributed by atoms with van der Waals surface area (Å²) < 4.78 is 4.88. The predicted molar refractivity (Wildman–Crippen MR) is 37.2 cm³/mol. The maximum Gasteiger partial charge on any atom is 0.320 e. The number of rotatable bonds is 1. The van der Waals surface area contributed by atoms with Gasteiger partial charge >= 0.3 is 5.97 Å². The fraction of sp³-hybridized carbons (Fsp3) is 0.800. The van der Waals surface area contributed by atoms with Gasteiger partial charge in [-0.05, 0) is 6.42 Å². The molecule has 0 spiro atoms. The average molecular weight is 168 g/mol. The SMILES string of the molecule is Cl.O=C(O)C1CCOCN1. The summed E-state index contributed by atoms with van der Waals surface area (Å²) >= 11 is 0. The van der Waals surface area contributed by atoms with Crippen molar-refractivity contribution in [2.24, 2.45) is 0 Å². The topological polar surface area (TPSA) is 58.6 Å². The molecule has 1 saturated heterocycles. The Morgan fingerprint density at radius 2 is 2.40 bits per heavy atom. The second kappa shape index (κ2) is 4.49. The molecule has 1 fully saturated rings. The molecule has 1 rings (SSSR count). The fourth-order valence-electron chi connectivity index (χ4n) is 0.746. The summed E-state index contributed by atoms with van der Waals surface area (Å²) in [7, 11) is 0. The second-order valence-electron chi connectivity index (χ2n) is 1.94. The first-order valence-corrected chi connectivity index (χ1v) is 2.84. The molecule has 4 nitrogen and oxygen atoms in total. The van der Waals surface area contributed by atoms with E-state index in [0.717, 1.165) is 0 Å². The smallest absolute Gasteiger partial charge is 0.320 e. The number of ether oxygens (including phenoxy) is 1. The molecule has 0 amide bonds. The van der Waals surface area contributed by atoms with Gasteiger partial charge in [0.15, 0.2) is 0 Å². The highest BCUT2D eigenvalue weighted by Crippen LogP contribution is 1.97. The zero-order valence-corrected chi connectivity index (χ0v) is 6.19. The monoisotopic (exact) mass is 167 g/mol. The van der Waals surface area contributed by atoms with Crippen LogP contribution in [0.15, 0.2) is 0 Å². The van der Waals surface area contributed by atoms with Crippen LogP contribution in [0, 0.1) is 0 Å². The molecule has 60 valence electrons. The Kier molecular flexibility index (Phi) is 4.34. The van der Waals surface area contributed by atoms with Crippen molar-refractivity contribution in [3.63, 3.8) is 0 Å². The minimum Gasteiger partial charge on any atom is -0.480 e. The average Bonchev–Trinajstić information content (AvgIpc) is 1.90. The van der Waals surface area contributed by atoms with E-state index in [4.69, 9.17) is 9.84 Å². The van der Waals surface area contributed by atoms with Gasteiger partial charge in [0.05, 0.1) is 13.3 Å². The number of carbonyl (C=O) groups is 1. The lowest BCUT2D eigenvalue weighted by Crippen LogP contribution is -2.42. The van der Waals surface area contributed by atoms with Crippen LogP contribution in [0.3, 0.4) is 0 Å². The van der Waals surface area contributed by atoms with Crippen molar-refractivity contribution >= 4 is 18.4 Å². The molecule has 5 heteroatoms. The van der Waals surface area contributed by atoms with Gasteiger partial charge in [-0.3, -0.25) is 10.1 Å². The minimum absolute atomic E-state index is 0. The number of hydrogen-bond acceptors (Lipinski definition) is 3. The Labute approximate surface area is 65.0 Å². The van der Waals surface area contributed by atoms with Gasteiger partial charge in [-0.15, -0.1) is 12.4 Å². The minimum atomic E-state index is -0.793. The van der Waals surface area contributed by atoms with Crippen LogP contribution < -0.4 is 5.32 Å². The first-order valence-electron chi connectivity index (χ1n) is 2.84. The molecular weight excluding hydrogens is 158 g/mol. The summed E-state index contributed by atoms with van der Waals surface area (Å²) in [5.41, 5.74) is 0. The van der Waals surface area contributed by atoms with E-state index in [1.807, 2.05) is 0 Å². The lowest BCUT2D eigenvalue weighted by atomic mass is 10.2. The summed E-state index contributed by atoms with van der Waals surface area (Å²) in [6, 6.07) is -0.404. The molecule has 0 aromatic rings. The molecule has 2 N–H and O–H groups in total. The number of aliphatic carboxylic acids is 1. The zero-order valence-electron chi connectivity index (χ0n) is 5.37. The number of nitrogens with one attached hydrogen (secondary N) is 1. The van der Waals surface area contributed by atoms with Crippen LogP contribution in [0.25, 0.3) is 0 Å². The van der Waals surface area contributed by atoms with Crippen LogP contribution in [0.5, 0.6) is 0 Å². The Balaban J connectivity index is 0.000000810. The van der Waals surface area contributed by atoms with Crippen LogP contribution >= 0.6 is 12.4 Å². The van der Waals surface area contributed by atoms with E-state index < -0.39 is 12.0 Å². The van der Waals surface area contributed by atoms with Gasteiger partial charge < -0.3 is 9.84 Å². The predicted octanol–water partition coefficient (Wildman–Crippen LogP) is -0.171. The maximum absolute atomic E-state index is 10.2. The molecule has 0 bridgehead atoms. The molecule has 0 aromatic heterocycles. The van der Waals surface area contributed by atoms with Crippen LogP contribution in [-0.2, 0) is 9.53 Å². The Bertz CT molecular complexity index is 113. The lowest BCUT2D eigenvalue weighted by Gasteiger charge is -2.19. The largest absolute Gasteiger partial charge is 0.480 e. The van der Waals surface area contributed by atoms with Crippen molar-refractivity contribution in [1.29, 1.82) is 0 Å². The standard InChI is InChI=1S/C5H9NO3.ClH/c7-5(8)4-1-2-9-3-6-4;/h4,6H,1-3H2,(H,7,8);1H. The van der Waals surface area contributed by atoms with Crippen LogP contribution in [-0.4, -0.2) is 30.5 Å². The van der Waals surface area contributed by atoms with Crippen LogP contribution in [0.2, 0.25) is 0 Å². The van der Waals surface area contributed by atoms with Crippen molar-refractivity contribution in [1.82, 2.24) is 5.32 Å². The van der Waals surface area contributed by atoms with E-state index in [2.05, 4.69) is 5.32 Å². The number of carboxylic acid groups (broad SMARTS) is 1. The van der Waals surface area contributed by atoms with E-state index in [9.17, 15) is 4.79 Å². The third kappa shape index (κ3) is 2.51. The molecule has 1 aliphatic heterocycles. The van der Waals surface area contributed by atoms with Crippen molar-refractivity contribution in [2.45, 2.75) is 12.5 Å². The summed E-state index contributed by atoms with van der Waals surface area (Å²) in [4.78, 5) is 10.2. The number of hydrogen-bond donors (Lipinski definition) is 2. The molecular formula is C5H10ClNO3. The van der Waals surface area contributed by atoms with Crippen molar-refractivity contribution in [3.8, 4) is 0 Å². The first-order chi connectivity index (χ1) is 4.30. The molecule has 0 saturated carbocycles. The quantitative estimate of drug-likeness (QED) is 0.569. The molecule has 0 radical (unpaired) electrons. The molecule has 10 heavy (non-hydrogen) atoms. The summed E-state index contributed by atoms with van der Waals surface area (Å²) in [5.74, 6) is -0.793. The summed E-state index contributed by atoms with van der Waals surface area (Å²) in [6.45, 7) is 0.904. The van der Waals surface area contributed by atoms with Crippen molar-refractivity contribution < 1.29 is 14.6 Å². The third-order valence-electron chi connectivity index (χ3n) is 1.28. The van der Waals surface area contributed by atoms with Gasteiger partial charge in [0.2, 0.25) is 0 Å². The first kappa shape index (κ1) is 9.68. The van der Waals surface area contributed by atoms with Gasteiger partial charge in [0.25, 0.3) is 0 Å². The van der Waals surface area contributed by atoms with Gasteiger partial charge in [0, 0.05) is 0 Å².